The molecule has 2 heteroatoms. The maximum absolute atomic E-state index is 11.8. The maximum Gasteiger partial charge on any atom is 0.141 e. The van der Waals surface area contributed by atoms with Gasteiger partial charge >= 0.3 is 0 Å². The van der Waals surface area contributed by atoms with Gasteiger partial charge in [0.25, 0.3) is 0 Å². The first-order valence-corrected chi connectivity index (χ1v) is 5.34. The highest BCUT2D eigenvalue weighted by molar-refractivity contribution is 6.11. The summed E-state index contributed by atoms with van der Waals surface area (Å²) in [4.78, 5) is 16.1. The van der Waals surface area contributed by atoms with Crippen molar-refractivity contribution in [2.75, 3.05) is 7.05 Å². The summed E-state index contributed by atoms with van der Waals surface area (Å²) in [6.45, 7) is 8.34. The summed E-state index contributed by atoms with van der Waals surface area (Å²) in [5.74, 6) is 1.51. The van der Waals surface area contributed by atoms with Crippen LogP contribution in [0.15, 0.2) is 4.99 Å². The standard InChI is InChI=1S/C12H19NO/c1-7(14)12(4)9(13-5)6-8-10(12)11(8,2)3/h8,10H,6H2,1-5H3/t8-,10-,12+/m1/s1. The van der Waals surface area contributed by atoms with E-state index in [-0.39, 0.29) is 11.2 Å². The molecule has 0 radical (unpaired) electrons. The van der Waals surface area contributed by atoms with Gasteiger partial charge in [0, 0.05) is 12.8 Å². The molecule has 0 aromatic heterocycles. The maximum atomic E-state index is 11.8. The second-order valence-corrected chi connectivity index (χ2v) is 5.54. The molecule has 3 atom stereocenters. The van der Waals surface area contributed by atoms with E-state index in [0.717, 1.165) is 12.1 Å². The largest absolute Gasteiger partial charge is 0.299 e. The van der Waals surface area contributed by atoms with E-state index in [1.165, 1.54) is 0 Å². The first-order chi connectivity index (χ1) is 6.36. The van der Waals surface area contributed by atoms with E-state index in [4.69, 9.17) is 0 Å². The number of carbonyl (C=O) groups excluding carboxylic acids is 1. The van der Waals surface area contributed by atoms with Gasteiger partial charge in [0.1, 0.15) is 5.78 Å². The zero-order valence-corrected chi connectivity index (χ0v) is 9.72. The lowest BCUT2D eigenvalue weighted by atomic mass is 9.75. The van der Waals surface area contributed by atoms with Crippen LogP contribution in [0.25, 0.3) is 0 Å². The lowest BCUT2D eigenvalue weighted by Gasteiger charge is -2.28. The van der Waals surface area contributed by atoms with Gasteiger partial charge in [-0.3, -0.25) is 9.79 Å². The number of carbonyl (C=O) groups is 1. The summed E-state index contributed by atoms with van der Waals surface area (Å²) in [5.41, 5.74) is 1.22. The number of nitrogens with zero attached hydrogens (tertiary/aromatic N) is 1. The third-order valence-corrected chi connectivity index (χ3v) is 4.69. The van der Waals surface area contributed by atoms with E-state index in [0.29, 0.717) is 17.3 Å². The van der Waals surface area contributed by atoms with Gasteiger partial charge < -0.3 is 0 Å². The Morgan fingerprint density at radius 2 is 2.00 bits per heavy atom. The predicted octanol–water partition coefficient (Wildman–Crippen LogP) is 2.33. The smallest absolute Gasteiger partial charge is 0.141 e. The Labute approximate surface area is 85.8 Å². The zero-order valence-electron chi connectivity index (χ0n) is 9.72. The highest BCUT2D eigenvalue weighted by Crippen LogP contribution is 2.72. The first kappa shape index (κ1) is 9.88. The second-order valence-electron chi connectivity index (χ2n) is 5.54. The number of aliphatic imine (C=N–C) groups is 1. The normalized spacial score (nSPS) is 46.5. The van der Waals surface area contributed by atoms with Crippen LogP contribution in [0.1, 0.15) is 34.1 Å². The molecule has 78 valence electrons. The number of hydrogen-bond acceptors (Lipinski definition) is 2. The van der Waals surface area contributed by atoms with Gasteiger partial charge in [-0.05, 0) is 37.5 Å². The number of Topliss-reactive ketones (excluding diaryl/α,β-unsaturated/α-hetero) is 1. The molecule has 2 aliphatic carbocycles. The zero-order chi connectivity index (χ0) is 10.7. The van der Waals surface area contributed by atoms with Crippen molar-refractivity contribution in [1.82, 2.24) is 0 Å². The van der Waals surface area contributed by atoms with E-state index in [2.05, 4.69) is 25.8 Å². The molecule has 0 heterocycles. The van der Waals surface area contributed by atoms with Crippen LogP contribution in [-0.4, -0.2) is 18.5 Å². The Bertz CT molecular complexity index is 329. The molecule has 2 fully saturated rings. The molecule has 0 unspecified atom stereocenters. The van der Waals surface area contributed by atoms with Crippen molar-refractivity contribution in [3.8, 4) is 0 Å². The van der Waals surface area contributed by atoms with Crippen molar-refractivity contribution in [1.29, 1.82) is 0 Å². The van der Waals surface area contributed by atoms with Crippen molar-refractivity contribution in [2.45, 2.75) is 34.1 Å². The summed E-state index contributed by atoms with van der Waals surface area (Å²) in [5, 5.41) is 0. The highest BCUT2D eigenvalue weighted by Gasteiger charge is 2.72. The van der Waals surface area contributed by atoms with Crippen molar-refractivity contribution in [3.63, 3.8) is 0 Å². The molecule has 0 aromatic carbocycles. The van der Waals surface area contributed by atoms with Crippen LogP contribution in [0, 0.1) is 22.7 Å². The number of ketones is 1. The molecular formula is C12H19NO. The molecule has 2 aliphatic rings. The molecule has 2 nitrogen and oxygen atoms in total. The number of rotatable bonds is 1. The van der Waals surface area contributed by atoms with Gasteiger partial charge in [-0.25, -0.2) is 0 Å². The van der Waals surface area contributed by atoms with Crippen LogP contribution in [0.2, 0.25) is 0 Å². The Balaban J connectivity index is 2.42. The van der Waals surface area contributed by atoms with Crippen molar-refractivity contribution < 1.29 is 4.79 Å². The van der Waals surface area contributed by atoms with Gasteiger partial charge in [-0.1, -0.05) is 13.8 Å². The lowest BCUT2D eigenvalue weighted by molar-refractivity contribution is -0.123. The Hall–Kier alpha value is -0.660. The average Bonchev–Trinajstić information content (AvgIpc) is 2.49. The van der Waals surface area contributed by atoms with E-state index >= 15 is 0 Å². The van der Waals surface area contributed by atoms with Gasteiger partial charge in [0.2, 0.25) is 0 Å². The van der Waals surface area contributed by atoms with Crippen molar-refractivity contribution in [3.05, 3.63) is 0 Å². The minimum atomic E-state index is -0.261. The molecule has 0 aliphatic heterocycles. The third kappa shape index (κ3) is 0.870. The van der Waals surface area contributed by atoms with Crippen molar-refractivity contribution >= 4 is 11.5 Å². The van der Waals surface area contributed by atoms with Crippen LogP contribution in [-0.2, 0) is 4.79 Å². The topological polar surface area (TPSA) is 29.4 Å². The predicted molar refractivity (Wildman–Crippen MR) is 57.5 cm³/mol. The van der Waals surface area contributed by atoms with E-state index < -0.39 is 0 Å². The Morgan fingerprint density at radius 1 is 1.43 bits per heavy atom. The highest BCUT2D eigenvalue weighted by atomic mass is 16.1. The Morgan fingerprint density at radius 3 is 2.43 bits per heavy atom. The fourth-order valence-electron chi connectivity index (χ4n) is 3.62. The minimum absolute atomic E-state index is 0.261. The van der Waals surface area contributed by atoms with E-state index in [1.807, 2.05) is 7.05 Å². The van der Waals surface area contributed by atoms with Gasteiger partial charge in [0.05, 0.1) is 5.41 Å². The van der Waals surface area contributed by atoms with Gasteiger partial charge in [-0.2, -0.15) is 0 Å². The minimum Gasteiger partial charge on any atom is -0.299 e. The SMILES string of the molecule is CN=C1C[C@@H]2[C@H](C2(C)C)[C@@]1(C)C(C)=O. The first-order valence-electron chi connectivity index (χ1n) is 5.34. The fraction of sp³-hybridized carbons (Fsp3) is 0.833. The molecule has 0 N–H and O–H groups in total. The fourth-order valence-corrected chi connectivity index (χ4v) is 3.62. The summed E-state index contributed by atoms with van der Waals surface area (Å²) in [7, 11) is 1.81. The summed E-state index contributed by atoms with van der Waals surface area (Å²) < 4.78 is 0. The molecule has 14 heavy (non-hydrogen) atoms. The third-order valence-electron chi connectivity index (χ3n) is 4.69. The van der Waals surface area contributed by atoms with Crippen LogP contribution in [0.5, 0.6) is 0 Å². The second kappa shape index (κ2) is 2.47. The molecule has 0 amide bonds. The number of fused-ring (bicyclic) bond motifs is 1. The van der Waals surface area contributed by atoms with E-state index in [1.54, 1.807) is 6.92 Å². The number of hydrogen-bond donors (Lipinski definition) is 0. The molecule has 0 spiro atoms. The molecule has 0 aromatic rings. The average molecular weight is 193 g/mol. The van der Waals surface area contributed by atoms with Gasteiger partial charge in [-0.15, -0.1) is 0 Å². The van der Waals surface area contributed by atoms with Crippen LogP contribution in [0.3, 0.4) is 0 Å². The van der Waals surface area contributed by atoms with Crippen molar-refractivity contribution in [2.24, 2.45) is 27.7 Å². The molecule has 0 saturated heterocycles. The summed E-state index contributed by atoms with van der Waals surface area (Å²) in [6, 6.07) is 0. The molecule has 2 saturated carbocycles. The quantitative estimate of drug-likeness (QED) is 0.628. The molecular weight excluding hydrogens is 174 g/mol. The van der Waals surface area contributed by atoms with Gasteiger partial charge in [0.15, 0.2) is 0 Å². The summed E-state index contributed by atoms with van der Waals surface area (Å²) >= 11 is 0. The van der Waals surface area contributed by atoms with Crippen LogP contribution >= 0.6 is 0 Å². The van der Waals surface area contributed by atoms with Crippen LogP contribution < -0.4 is 0 Å². The van der Waals surface area contributed by atoms with Crippen LogP contribution in [0.4, 0.5) is 0 Å². The lowest BCUT2D eigenvalue weighted by Crippen LogP contribution is -2.36. The molecule has 2 rings (SSSR count). The van der Waals surface area contributed by atoms with E-state index in [9.17, 15) is 4.79 Å². The molecule has 0 bridgehead atoms. The Kier molecular flexibility index (Phi) is 1.74. The summed E-state index contributed by atoms with van der Waals surface area (Å²) in [6.07, 6.45) is 1.03. The monoisotopic (exact) mass is 193 g/mol.